The highest BCUT2D eigenvalue weighted by Crippen LogP contribution is 2.19. The Morgan fingerprint density at radius 3 is 2.37 bits per heavy atom. The van der Waals surface area contributed by atoms with Gasteiger partial charge in [-0.1, -0.05) is 42.5 Å². The van der Waals surface area contributed by atoms with Crippen LogP contribution in [-0.4, -0.2) is 42.5 Å². The number of nitrogens with one attached hydrogen (secondary N) is 2. The van der Waals surface area contributed by atoms with Crippen molar-refractivity contribution in [2.24, 2.45) is 5.92 Å². The Morgan fingerprint density at radius 1 is 1.00 bits per heavy atom. The molecule has 0 aliphatic carbocycles. The fourth-order valence-corrected chi connectivity index (χ4v) is 3.35. The first-order chi connectivity index (χ1) is 14.5. The highest BCUT2D eigenvalue weighted by molar-refractivity contribution is 5.89. The lowest BCUT2D eigenvalue weighted by atomic mass is 9.97. The number of para-hydroxylation sites is 1. The standard InChI is InChI=1S/C23H27N3O4/c1-17-7-5-6-8-19(17)15-24-21(27)16-30-22(28)18-11-13-26(14-12-18)23(29)25-20-9-3-2-4-10-20/h2-10,18H,11-16H2,1H3,(H,24,27)(H,25,29). The summed E-state index contributed by atoms with van der Waals surface area (Å²) in [7, 11) is 0. The van der Waals surface area contributed by atoms with Crippen LogP contribution >= 0.6 is 0 Å². The van der Waals surface area contributed by atoms with Crippen LogP contribution in [-0.2, 0) is 20.9 Å². The van der Waals surface area contributed by atoms with Gasteiger partial charge in [0.25, 0.3) is 5.91 Å². The zero-order valence-electron chi connectivity index (χ0n) is 17.1. The van der Waals surface area contributed by atoms with Gasteiger partial charge in [0.15, 0.2) is 6.61 Å². The van der Waals surface area contributed by atoms with Crippen LogP contribution in [0.15, 0.2) is 54.6 Å². The molecule has 7 nitrogen and oxygen atoms in total. The van der Waals surface area contributed by atoms with Gasteiger partial charge in [0, 0.05) is 25.3 Å². The molecule has 2 aromatic carbocycles. The number of benzene rings is 2. The van der Waals surface area contributed by atoms with Crippen molar-refractivity contribution in [2.75, 3.05) is 25.0 Å². The second-order valence-electron chi connectivity index (χ2n) is 7.37. The summed E-state index contributed by atoms with van der Waals surface area (Å²) < 4.78 is 5.18. The van der Waals surface area contributed by atoms with Crippen molar-refractivity contribution in [3.63, 3.8) is 0 Å². The lowest BCUT2D eigenvalue weighted by Gasteiger charge is -2.30. The Hall–Kier alpha value is -3.35. The molecule has 3 amide bonds. The SMILES string of the molecule is Cc1ccccc1CNC(=O)COC(=O)C1CCN(C(=O)Nc2ccccc2)CC1. The van der Waals surface area contributed by atoms with Gasteiger partial charge >= 0.3 is 12.0 Å². The summed E-state index contributed by atoms with van der Waals surface area (Å²) in [5.74, 6) is -1.01. The first-order valence-corrected chi connectivity index (χ1v) is 10.1. The summed E-state index contributed by atoms with van der Waals surface area (Å²) in [6.45, 7) is 3.03. The van der Waals surface area contributed by atoms with Gasteiger partial charge < -0.3 is 20.3 Å². The van der Waals surface area contributed by atoms with Crippen molar-refractivity contribution in [3.05, 3.63) is 65.7 Å². The van der Waals surface area contributed by atoms with E-state index in [4.69, 9.17) is 4.74 Å². The van der Waals surface area contributed by atoms with Crippen LogP contribution < -0.4 is 10.6 Å². The Labute approximate surface area is 176 Å². The van der Waals surface area contributed by atoms with Crippen LogP contribution in [0.2, 0.25) is 0 Å². The lowest BCUT2D eigenvalue weighted by Crippen LogP contribution is -2.43. The second-order valence-corrected chi connectivity index (χ2v) is 7.37. The molecule has 0 bridgehead atoms. The lowest BCUT2D eigenvalue weighted by molar-refractivity contribution is -0.153. The number of carbonyl (C=O) groups excluding carboxylic acids is 3. The third-order valence-electron chi connectivity index (χ3n) is 5.22. The zero-order chi connectivity index (χ0) is 21.3. The largest absolute Gasteiger partial charge is 0.455 e. The van der Waals surface area contributed by atoms with E-state index in [0.717, 1.165) is 16.8 Å². The Balaban J connectivity index is 1.36. The zero-order valence-corrected chi connectivity index (χ0v) is 17.1. The van der Waals surface area contributed by atoms with Crippen LogP contribution in [0.25, 0.3) is 0 Å². The number of carbonyl (C=O) groups is 3. The third-order valence-corrected chi connectivity index (χ3v) is 5.22. The summed E-state index contributed by atoms with van der Waals surface area (Å²) >= 11 is 0. The summed E-state index contributed by atoms with van der Waals surface area (Å²) in [6.07, 6.45) is 1.04. The molecule has 1 fully saturated rings. The van der Waals surface area contributed by atoms with Crippen LogP contribution in [0.3, 0.4) is 0 Å². The first kappa shape index (κ1) is 21.4. The van der Waals surface area contributed by atoms with E-state index in [-0.39, 0.29) is 30.4 Å². The number of esters is 1. The molecule has 0 aromatic heterocycles. The third kappa shape index (κ3) is 6.07. The number of amides is 3. The molecule has 1 saturated heterocycles. The highest BCUT2D eigenvalue weighted by Gasteiger charge is 2.28. The number of urea groups is 1. The van der Waals surface area contributed by atoms with Crippen LogP contribution in [0.1, 0.15) is 24.0 Å². The minimum atomic E-state index is -0.385. The number of ether oxygens (including phenoxy) is 1. The normalized spacial score (nSPS) is 14.1. The Morgan fingerprint density at radius 2 is 1.67 bits per heavy atom. The number of hydrogen-bond acceptors (Lipinski definition) is 4. The molecule has 0 atom stereocenters. The maximum absolute atomic E-state index is 12.3. The molecule has 0 saturated carbocycles. The number of anilines is 1. The number of hydrogen-bond donors (Lipinski definition) is 2. The maximum Gasteiger partial charge on any atom is 0.321 e. The summed E-state index contributed by atoms with van der Waals surface area (Å²) in [5.41, 5.74) is 2.86. The Bertz CT molecular complexity index is 877. The molecular formula is C23H27N3O4. The predicted octanol–water partition coefficient (Wildman–Crippen LogP) is 3.10. The van der Waals surface area contributed by atoms with E-state index in [9.17, 15) is 14.4 Å². The molecular weight excluding hydrogens is 382 g/mol. The van der Waals surface area contributed by atoms with E-state index in [2.05, 4.69) is 10.6 Å². The van der Waals surface area contributed by atoms with Gasteiger partial charge in [0.1, 0.15) is 0 Å². The number of piperidine rings is 1. The first-order valence-electron chi connectivity index (χ1n) is 10.1. The van der Waals surface area contributed by atoms with E-state index in [1.165, 1.54) is 0 Å². The average molecular weight is 409 g/mol. The number of likely N-dealkylation sites (tertiary alicyclic amines) is 1. The van der Waals surface area contributed by atoms with Crippen molar-refractivity contribution in [1.29, 1.82) is 0 Å². The molecule has 0 spiro atoms. The van der Waals surface area contributed by atoms with Gasteiger partial charge in [-0.25, -0.2) is 4.79 Å². The van der Waals surface area contributed by atoms with Crippen molar-refractivity contribution in [1.82, 2.24) is 10.2 Å². The summed E-state index contributed by atoms with van der Waals surface area (Å²) in [4.78, 5) is 38.3. The number of nitrogens with zero attached hydrogens (tertiary/aromatic N) is 1. The van der Waals surface area contributed by atoms with E-state index in [1.54, 1.807) is 4.90 Å². The summed E-state index contributed by atoms with van der Waals surface area (Å²) in [5, 5.41) is 5.61. The molecule has 0 radical (unpaired) electrons. The highest BCUT2D eigenvalue weighted by atomic mass is 16.5. The topological polar surface area (TPSA) is 87.7 Å². The molecule has 1 aliphatic heterocycles. The molecule has 2 N–H and O–H groups in total. The van der Waals surface area contributed by atoms with Gasteiger partial charge in [-0.15, -0.1) is 0 Å². The van der Waals surface area contributed by atoms with Crippen LogP contribution in [0.4, 0.5) is 10.5 Å². The van der Waals surface area contributed by atoms with Gasteiger partial charge in [-0.2, -0.15) is 0 Å². The van der Waals surface area contributed by atoms with Gasteiger partial charge in [-0.3, -0.25) is 9.59 Å². The van der Waals surface area contributed by atoms with E-state index in [0.29, 0.717) is 32.5 Å². The monoisotopic (exact) mass is 409 g/mol. The van der Waals surface area contributed by atoms with Crippen LogP contribution in [0, 0.1) is 12.8 Å². The molecule has 1 aliphatic rings. The molecule has 30 heavy (non-hydrogen) atoms. The summed E-state index contributed by atoms with van der Waals surface area (Å²) in [6, 6.07) is 16.9. The van der Waals surface area contributed by atoms with Crippen molar-refractivity contribution < 1.29 is 19.1 Å². The smallest absolute Gasteiger partial charge is 0.321 e. The quantitative estimate of drug-likeness (QED) is 0.718. The van der Waals surface area contributed by atoms with Crippen LogP contribution in [0.5, 0.6) is 0 Å². The number of rotatable bonds is 6. The second kappa shape index (κ2) is 10.4. The Kier molecular flexibility index (Phi) is 7.43. The minimum Gasteiger partial charge on any atom is -0.455 e. The molecule has 7 heteroatoms. The van der Waals surface area contributed by atoms with Gasteiger partial charge in [0.05, 0.1) is 5.92 Å². The fraction of sp³-hybridized carbons (Fsp3) is 0.348. The minimum absolute atomic E-state index is 0.177. The van der Waals surface area contributed by atoms with E-state index >= 15 is 0 Å². The van der Waals surface area contributed by atoms with Gasteiger partial charge in [-0.05, 0) is 43.0 Å². The van der Waals surface area contributed by atoms with E-state index < -0.39 is 0 Å². The van der Waals surface area contributed by atoms with Gasteiger partial charge in [0.2, 0.25) is 0 Å². The average Bonchev–Trinajstić information content (AvgIpc) is 2.77. The predicted molar refractivity (Wildman–Crippen MR) is 114 cm³/mol. The van der Waals surface area contributed by atoms with Crippen molar-refractivity contribution in [2.45, 2.75) is 26.3 Å². The van der Waals surface area contributed by atoms with E-state index in [1.807, 2.05) is 61.5 Å². The van der Waals surface area contributed by atoms with Crippen molar-refractivity contribution >= 4 is 23.6 Å². The molecule has 3 rings (SSSR count). The number of aryl methyl sites for hydroxylation is 1. The fourth-order valence-electron chi connectivity index (χ4n) is 3.35. The maximum atomic E-state index is 12.3. The van der Waals surface area contributed by atoms with Crippen molar-refractivity contribution in [3.8, 4) is 0 Å². The molecule has 158 valence electrons. The molecule has 2 aromatic rings. The molecule has 1 heterocycles. The molecule has 0 unspecified atom stereocenters.